The van der Waals surface area contributed by atoms with E-state index in [9.17, 15) is 13.2 Å². The first kappa shape index (κ1) is 15.0. The van der Waals surface area contributed by atoms with Crippen LogP contribution < -0.4 is 5.32 Å². The molecule has 0 aromatic heterocycles. The first-order valence-electron chi connectivity index (χ1n) is 5.98. The zero-order valence-corrected chi connectivity index (χ0v) is 10.4. The largest absolute Gasteiger partial charge is 0.383 e. The lowest BCUT2D eigenvalue weighted by molar-refractivity contribution is 0.199. The van der Waals surface area contributed by atoms with Crippen molar-refractivity contribution in [1.82, 2.24) is 5.32 Å². The van der Waals surface area contributed by atoms with Crippen molar-refractivity contribution in [2.24, 2.45) is 0 Å². The minimum absolute atomic E-state index is 0.489. The number of benzene rings is 1. The highest BCUT2D eigenvalue weighted by molar-refractivity contribution is 5.19. The Labute approximate surface area is 105 Å². The number of hydrogen-bond donors (Lipinski definition) is 1. The van der Waals surface area contributed by atoms with Crippen LogP contribution in [0.15, 0.2) is 12.1 Å². The lowest BCUT2D eigenvalue weighted by Gasteiger charge is -2.05. The van der Waals surface area contributed by atoms with Gasteiger partial charge >= 0.3 is 0 Å². The van der Waals surface area contributed by atoms with Gasteiger partial charge in [0.15, 0.2) is 17.5 Å². The smallest absolute Gasteiger partial charge is 0.194 e. The number of rotatable bonds is 8. The molecule has 0 atom stereocenters. The topological polar surface area (TPSA) is 21.3 Å². The van der Waals surface area contributed by atoms with Gasteiger partial charge in [0.25, 0.3) is 0 Å². The summed E-state index contributed by atoms with van der Waals surface area (Å²) >= 11 is 0. The summed E-state index contributed by atoms with van der Waals surface area (Å²) in [6, 6.07) is 2.10. The third-order valence-corrected chi connectivity index (χ3v) is 2.60. The van der Waals surface area contributed by atoms with Crippen molar-refractivity contribution in [3.8, 4) is 0 Å². The van der Waals surface area contributed by atoms with E-state index in [4.69, 9.17) is 4.74 Å². The number of methoxy groups -OCH3 is 1. The van der Waals surface area contributed by atoms with Crippen LogP contribution in [0.25, 0.3) is 0 Å². The van der Waals surface area contributed by atoms with E-state index in [-0.39, 0.29) is 0 Å². The Morgan fingerprint density at radius 1 is 1.06 bits per heavy atom. The number of hydrogen-bond acceptors (Lipinski definition) is 2. The fourth-order valence-corrected chi connectivity index (χ4v) is 1.63. The summed E-state index contributed by atoms with van der Waals surface area (Å²) in [7, 11) is 1.64. The normalized spacial score (nSPS) is 10.9. The lowest BCUT2D eigenvalue weighted by Crippen LogP contribution is -2.20. The van der Waals surface area contributed by atoms with Gasteiger partial charge in [0.05, 0.1) is 6.61 Å². The molecule has 0 aliphatic carbocycles. The Morgan fingerprint density at radius 3 is 2.33 bits per heavy atom. The SMILES string of the molecule is COCCNCCCCc1cc(F)c(F)c(F)c1. The standard InChI is InChI=1S/C13H18F3NO/c1-18-7-6-17-5-3-2-4-10-8-11(14)13(16)12(15)9-10/h8-9,17H,2-7H2,1H3. The molecule has 0 amide bonds. The highest BCUT2D eigenvalue weighted by atomic mass is 19.2. The Bertz CT molecular complexity index is 348. The van der Waals surface area contributed by atoms with E-state index in [0.29, 0.717) is 18.6 Å². The van der Waals surface area contributed by atoms with Crippen LogP contribution in [-0.2, 0) is 11.2 Å². The average molecular weight is 261 g/mol. The molecule has 0 spiro atoms. The molecule has 0 aliphatic heterocycles. The molecule has 0 bridgehead atoms. The monoisotopic (exact) mass is 261 g/mol. The number of nitrogens with one attached hydrogen (secondary N) is 1. The van der Waals surface area contributed by atoms with Gasteiger partial charge in [0.1, 0.15) is 0 Å². The van der Waals surface area contributed by atoms with Crippen LogP contribution in [-0.4, -0.2) is 26.8 Å². The average Bonchev–Trinajstić information content (AvgIpc) is 2.34. The maximum absolute atomic E-state index is 12.9. The predicted octanol–water partition coefficient (Wildman–Crippen LogP) is 2.66. The first-order valence-corrected chi connectivity index (χ1v) is 5.98. The number of unbranched alkanes of at least 4 members (excludes halogenated alkanes) is 1. The zero-order chi connectivity index (χ0) is 13.4. The third-order valence-electron chi connectivity index (χ3n) is 2.60. The molecular formula is C13H18F3NO. The van der Waals surface area contributed by atoms with Gasteiger partial charge in [0, 0.05) is 13.7 Å². The number of aryl methyl sites for hydroxylation is 1. The van der Waals surface area contributed by atoms with Gasteiger partial charge < -0.3 is 10.1 Å². The highest BCUT2D eigenvalue weighted by Gasteiger charge is 2.09. The summed E-state index contributed by atoms with van der Waals surface area (Å²) in [6.07, 6.45) is 2.23. The summed E-state index contributed by atoms with van der Waals surface area (Å²) in [5, 5.41) is 3.17. The van der Waals surface area contributed by atoms with Crippen LogP contribution in [0.2, 0.25) is 0 Å². The van der Waals surface area contributed by atoms with Crippen LogP contribution in [0.5, 0.6) is 0 Å². The summed E-state index contributed by atoms with van der Waals surface area (Å²) in [6.45, 7) is 2.28. The van der Waals surface area contributed by atoms with Crippen molar-refractivity contribution < 1.29 is 17.9 Å². The van der Waals surface area contributed by atoms with Crippen LogP contribution in [0.1, 0.15) is 18.4 Å². The van der Waals surface area contributed by atoms with Gasteiger partial charge in [-0.15, -0.1) is 0 Å². The van der Waals surface area contributed by atoms with Gasteiger partial charge in [-0.2, -0.15) is 0 Å². The summed E-state index contributed by atoms with van der Waals surface area (Å²) in [5.74, 6) is -3.65. The molecule has 0 unspecified atom stereocenters. The molecule has 2 nitrogen and oxygen atoms in total. The van der Waals surface area contributed by atoms with Gasteiger partial charge in [-0.25, -0.2) is 13.2 Å². The van der Waals surface area contributed by atoms with E-state index < -0.39 is 17.5 Å². The van der Waals surface area contributed by atoms with Crippen molar-refractivity contribution >= 4 is 0 Å². The fourth-order valence-electron chi connectivity index (χ4n) is 1.63. The van der Waals surface area contributed by atoms with Gasteiger partial charge in [-0.05, 0) is 43.5 Å². The Hall–Kier alpha value is -1.07. The van der Waals surface area contributed by atoms with E-state index >= 15 is 0 Å². The molecule has 18 heavy (non-hydrogen) atoms. The van der Waals surface area contributed by atoms with Crippen LogP contribution in [0.3, 0.4) is 0 Å². The van der Waals surface area contributed by atoms with E-state index in [2.05, 4.69) is 5.32 Å². The third kappa shape index (κ3) is 5.06. The number of halogens is 3. The second kappa shape index (κ2) is 8.11. The molecule has 1 aromatic rings. The minimum Gasteiger partial charge on any atom is -0.383 e. The quantitative estimate of drug-likeness (QED) is 0.574. The Morgan fingerprint density at radius 2 is 1.72 bits per heavy atom. The molecule has 0 fully saturated rings. The molecule has 1 rings (SSSR count). The molecule has 1 N–H and O–H groups in total. The van der Waals surface area contributed by atoms with E-state index in [1.54, 1.807) is 7.11 Å². The number of ether oxygens (including phenoxy) is 1. The van der Waals surface area contributed by atoms with E-state index in [0.717, 1.165) is 38.1 Å². The van der Waals surface area contributed by atoms with Gasteiger partial charge in [-0.3, -0.25) is 0 Å². The van der Waals surface area contributed by atoms with E-state index in [1.807, 2.05) is 0 Å². The first-order chi connectivity index (χ1) is 8.65. The summed E-state index contributed by atoms with van der Waals surface area (Å²) < 4.78 is 43.4. The molecular weight excluding hydrogens is 243 g/mol. The highest BCUT2D eigenvalue weighted by Crippen LogP contribution is 2.15. The zero-order valence-electron chi connectivity index (χ0n) is 10.4. The van der Waals surface area contributed by atoms with Gasteiger partial charge in [-0.1, -0.05) is 0 Å². The van der Waals surface area contributed by atoms with Gasteiger partial charge in [0.2, 0.25) is 0 Å². The van der Waals surface area contributed by atoms with Crippen LogP contribution in [0, 0.1) is 17.5 Å². The second-order valence-electron chi connectivity index (χ2n) is 4.07. The van der Waals surface area contributed by atoms with Crippen LogP contribution in [0.4, 0.5) is 13.2 Å². The van der Waals surface area contributed by atoms with Crippen molar-refractivity contribution in [3.05, 3.63) is 35.1 Å². The summed E-state index contributed by atoms with van der Waals surface area (Å²) in [5.41, 5.74) is 0.489. The lowest BCUT2D eigenvalue weighted by atomic mass is 10.1. The van der Waals surface area contributed by atoms with Crippen molar-refractivity contribution in [3.63, 3.8) is 0 Å². The summed E-state index contributed by atoms with van der Waals surface area (Å²) in [4.78, 5) is 0. The predicted molar refractivity (Wildman–Crippen MR) is 64.0 cm³/mol. The molecule has 5 heteroatoms. The van der Waals surface area contributed by atoms with Crippen molar-refractivity contribution in [2.75, 3.05) is 26.8 Å². The molecule has 0 aliphatic rings. The van der Waals surface area contributed by atoms with E-state index in [1.165, 1.54) is 0 Å². The molecule has 0 saturated heterocycles. The minimum atomic E-state index is -1.40. The molecule has 0 saturated carbocycles. The molecule has 0 radical (unpaired) electrons. The van der Waals surface area contributed by atoms with Crippen LogP contribution >= 0.6 is 0 Å². The second-order valence-corrected chi connectivity index (χ2v) is 4.07. The fraction of sp³-hybridized carbons (Fsp3) is 0.538. The maximum Gasteiger partial charge on any atom is 0.194 e. The molecule has 102 valence electrons. The van der Waals surface area contributed by atoms with Crippen molar-refractivity contribution in [2.45, 2.75) is 19.3 Å². The Kier molecular flexibility index (Phi) is 6.75. The maximum atomic E-state index is 12.9. The molecule has 1 aromatic carbocycles. The Balaban J connectivity index is 2.23. The van der Waals surface area contributed by atoms with Crippen molar-refractivity contribution in [1.29, 1.82) is 0 Å². The molecule has 0 heterocycles.